The van der Waals surface area contributed by atoms with Gasteiger partial charge in [-0.25, -0.2) is 0 Å². The van der Waals surface area contributed by atoms with Crippen LogP contribution < -0.4 is 0 Å². The zero-order chi connectivity index (χ0) is 59.6. The Balaban J connectivity index is 1.35. The fourth-order valence-electron chi connectivity index (χ4n) is 7.29. The van der Waals surface area contributed by atoms with Gasteiger partial charge in [-0.1, -0.05) is 145 Å². The molecule has 0 atom stereocenters. The zero-order valence-electron chi connectivity index (χ0n) is 55.4. The molecule has 0 aliphatic rings. The minimum Gasteiger partial charge on any atom is -0.456 e. The number of rotatable bonds is 3. The minimum atomic E-state index is -1.01. The van der Waals surface area contributed by atoms with E-state index in [0.717, 1.165) is 0 Å². The van der Waals surface area contributed by atoms with Gasteiger partial charge in [0.05, 0.1) is 35.6 Å². The summed E-state index contributed by atoms with van der Waals surface area (Å²) in [7, 11) is 0. The van der Waals surface area contributed by atoms with Crippen molar-refractivity contribution in [1.82, 2.24) is 0 Å². The third-order valence-corrected chi connectivity index (χ3v) is 10.1. The van der Waals surface area contributed by atoms with E-state index in [1.165, 1.54) is 13.8 Å². The average Bonchev–Trinajstić information content (AvgIpc) is 3.39. The molecule has 0 radical (unpaired) electrons. The van der Waals surface area contributed by atoms with E-state index in [4.69, 9.17) is 19.5 Å². The Morgan fingerprint density at radius 3 is 1.82 bits per heavy atom. The van der Waals surface area contributed by atoms with Gasteiger partial charge >= 0.3 is 0 Å². The second-order valence-electron chi connectivity index (χ2n) is 13.3. The number of benzene rings is 10. The van der Waals surface area contributed by atoms with Gasteiger partial charge in [0.2, 0.25) is 0 Å². The summed E-state index contributed by atoms with van der Waals surface area (Å²) in [6.45, 7) is 5.81. The van der Waals surface area contributed by atoms with E-state index >= 15 is 0 Å². The Bertz CT molecular complexity index is 4810. The molecule has 0 N–H and O–H groups in total. The first kappa shape index (κ1) is 15.2. The summed E-state index contributed by atoms with van der Waals surface area (Å²) in [6.07, 6.45) is 0. The molecule has 0 amide bonds. The average molecular weight is 729 g/mol. The number of hydrogen-bond acceptors (Lipinski definition) is 1. The first-order chi connectivity index (χ1) is 37.8. The Labute approximate surface area is 356 Å². The highest BCUT2D eigenvalue weighted by atomic mass is 16.3. The highest BCUT2D eigenvalue weighted by Gasteiger charge is 2.19. The van der Waals surface area contributed by atoms with Gasteiger partial charge in [-0.3, -0.25) is 0 Å². The van der Waals surface area contributed by atoms with E-state index in [9.17, 15) is 20.6 Å². The molecule has 11 rings (SSSR count). The van der Waals surface area contributed by atoms with Crippen LogP contribution in [0.4, 0.5) is 0 Å². The van der Waals surface area contributed by atoms with Crippen LogP contribution in [0.25, 0.3) is 109 Å². The molecule has 10 aromatic carbocycles. The van der Waals surface area contributed by atoms with E-state index in [-0.39, 0.29) is 60.5 Å². The molecule has 0 saturated carbocycles. The highest BCUT2D eigenvalue weighted by Crippen LogP contribution is 2.46. The molecule has 0 unspecified atom stereocenters. The van der Waals surface area contributed by atoms with Crippen molar-refractivity contribution in [2.24, 2.45) is 0 Å². The Morgan fingerprint density at radius 1 is 0.382 bits per heavy atom. The predicted molar refractivity (Wildman–Crippen MR) is 237 cm³/mol. The molecule has 0 saturated heterocycles. The van der Waals surface area contributed by atoms with Crippen LogP contribution in [0.3, 0.4) is 0 Å². The molecule has 55 heavy (non-hydrogen) atoms. The van der Waals surface area contributed by atoms with Gasteiger partial charge in [-0.05, 0) is 144 Å². The Kier molecular flexibility index (Phi) is 3.29. The highest BCUT2D eigenvalue weighted by molar-refractivity contribution is 6.23. The molecule has 0 spiro atoms. The number of fused-ring (bicyclic) bond motifs is 9. The van der Waals surface area contributed by atoms with Gasteiger partial charge in [0.1, 0.15) is 11.2 Å². The molecule has 1 aromatic heterocycles. The van der Waals surface area contributed by atoms with Crippen molar-refractivity contribution >= 4 is 75.8 Å². The van der Waals surface area contributed by atoms with Crippen molar-refractivity contribution in [3.8, 4) is 33.4 Å². The van der Waals surface area contributed by atoms with Crippen molar-refractivity contribution in [2.75, 3.05) is 0 Å². The molecule has 1 nitrogen and oxygen atoms in total. The van der Waals surface area contributed by atoms with E-state index in [2.05, 4.69) is 0 Å². The van der Waals surface area contributed by atoms with Gasteiger partial charge in [-0.15, -0.1) is 0 Å². The maximum Gasteiger partial charge on any atom is 0.138 e. The van der Waals surface area contributed by atoms with E-state index in [0.29, 0.717) is 11.1 Å². The van der Waals surface area contributed by atoms with Crippen LogP contribution in [0, 0.1) is 27.7 Å². The summed E-state index contributed by atoms with van der Waals surface area (Å²) >= 11 is 0. The van der Waals surface area contributed by atoms with Gasteiger partial charge in [0, 0.05) is 16.3 Å². The SMILES string of the molecule is [2H]c1c([2H])c(-c2c([2H])c([2H])c([2H])c3c2c([2H])c([2H])c2c(C)c(C)c([2H])c([2H])c23)c([2H])c([2H])c1-c1c2c([2H])c([2H])c([2H])c([2H])c2c(-c2c([2H])c([2H])c3oc4c(C)c5c([2H])c([2H])c([2H])c([2H])c5c([2H])c4c3c2[2H])c2c([2H])c([2H])c(C)c([2H])c12. The number of aryl methyl sites for hydroxylation is 2. The monoisotopic (exact) mass is 728 g/mol. The molecule has 1 heteroatoms. The second-order valence-corrected chi connectivity index (χ2v) is 13.3. The third kappa shape index (κ3) is 4.73. The number of hydrogen-bond donors (Lipinski definition) is 0. The lowest BCUT2D eigenvalue weighted by Gasteiger charge is -2.18. The second kappa shape index (κ2) is 11.9. The molecule has 11 aromatic rings. The molecule has 1 heterocycles. The van der Waals surface area contributed by atoms with Gasteiger partial charge in [0.25, 0.3) is 0 Å². The minimum absolute atomic E-state index is 0.00527. The topological polar surface area (TPSA) is 13.1 Å². The van der Waals surface area contributed by atoms with Gasteiger partial charge in [0.15, 0.2) is 0 Å². The molecule has 0 fully saturated rings. The van der Waals surface area contributed by atoms with Gasteiger partial charge in [-0.2, -0.15) is 0 Å². The van der Waals surface area contributed by atoms with Crippen LogP contribution in [0.5, 0.6) is 0 Å². The van der Waals surface area contributed by atoms with E-state index < -0.39 is 217 Å². The lowest BCUT2D eigenvalue weighted by atomic mass is 9.84. The van der Waals surface area contributed by atoms with Crippen LogP contribution >= 0.6 is 0 Å². The maximum atomic E-state index is 9.98. The van der Waals surface area contributed by atoms with Crippen molar-refractivity contribution in [2.45, 2.75) is 27.7 Å². The van der Waals surface area contributed by atoms with Crippen LogP contribution in [0.2, 0.25) is 0 Å². The van der Waals surface area contributed by atoms with Crippen molar-refractivity contribution in [3.05, 3.63) is 179 Å². The normalized spacial score (nSPS) is 18.6. The number of furan rings is 1. The quantitative estimate of drug-likeness (QED) is 0.130. The first-order valence-corrected chi connectivity index (χ1v) is 17.2. The van der Waals surface area contributed by atoms with Crippen LogP contribution in [-0.2, 0) is 0 Å². The molecular formula is C54H38O. The predicted octanol–water partition coefficient (Wildman–Crippen LogP) is 15.6. The summed E-state index contributed by atoms with van der Waals surface area (Å²) < 4.78 is 247. The van der Waals surface area contributed by atoms with Crippen molar-refractivity contribution in [3.63, 3.8) is 0 Å². The first-order valence-electron chi connectivity index (χ1n) is 30.2. The summed E-state index contributed by atoms with van der Waals surface area (Å²) in [5.41, 5.74) is -4.13. The summed E-state index contributed by atoms with van der Waals surface area (Å²) in [5, 5.41) is -4.36. The summed E-state index contributed by atoms with van der Waals surface area (Å²) in [6, 6.07) is -19.5. The summed E-state index contributed by atoms with van der Waals surface area (Å²) in [5.74, 6) is 0. The Morgan fingerprint density at radius 2 is 1.00 bits per heavy atom. The van der Waals surface area contributed by atoms with E-state index in [1.807, 2.05) is 0 Å². The Hall–Kier alpha value is -6.70. The van der Waals surface area contributed by atoms with Crippen molar-refractivity contribution < 1.29 is 40.1 Å². The molecule has 0 aliphatic heterocycles. The molecule has 0 aliphatic carbocycles. The van der Waals surface area contributed by atoms with Crippen LogP contribution in [-0.4, -0.2) is 0 Å². The van der Waals surface area contributed by atoms with E-state index in [1.54, 1.807) is 13.8 Å². The van der Waals surface area contributed by atoms with Gasteiger partial charge < -0.3 is 4.42 Å². The smallest absolute Gasteiger partial charge is 0.138 e. The zero-order valence-corrected chi connectivity index (χ0v) is 29.4. The molecule has 260 valence electrons. The lowest BCUT2D eigenvalue weighted by Crippen LogP contribution is -1.92. The lowest BCUT2D eigenvalue weighted by molar-refractivity contribution is 0.666. The third-order valence-electron chi connectivity index (χ3n) is 10.1. The fourth-order valence-corrected chi connectivity index (χ4v) is 7.29. The largest absolute Gasteiger partial charge is 0.456 e. The fraction of sp³-hybridized carbons (Fsp3) is 0.0741. The van der Waals surface area contributed by atoms with Crippen LogP contribution in [0.1, 0.15) is 57.9 Å². The molecular weight excluding hydrogens is 665 g/mol. The van der Waals surface area contributed by atoms with Crippen LogP contribution in [0.15, 0.2) is 162 Å². The molecule has 0 bridgehead atoms. The standard InChI is InChI=1S/C54H38O/c1-31-16-23-47-49(28-31)52(36-20-18-35(19-21-36)41-14-9-15-42-43-24-17-32(2)33(3)40(43)25-26-44(41)42)45-12-7-8-13-46(45)53(47)38-22-27-51-48(30-38)50-29-37-10-5-6-11-39(37)34(4)54(50)55-51/h5-30H,1-4H3/i5D,6D,7D,8D,9D,10D,11D,12D,13D,14D,15D,16D,17D,18D,19D,20D,21D,22D,23D,24D,25D,26D,27D,28D,29D,30D. The van der Waals surface area contributed by atoms with Crippen molar-refractivity contribution in [1.29, 1.82) is 0 Å². The maximum absolute atomic E-state index is 9.98. The summed E-state index contributed by atoms with van der Waals surface area (Å²) in [4.78, 5) is 0.